The molecule has 0 spiro atoms. The van der Waals surface area contributed by atoms with Gasteiger partial charge in [-0.1, -0.05) is 45.8 Å². The fraction of sp³-hybridized carbons (Fsp3) is 0.692. The molecule has 1 heterocycles. The zero-order valence-corrected chi connectivity index (χ0v) is 14.3. The summed E-state index contributed by atoms with van der Waals surface area (Å²) in [6.45, 7) is 9.61. The second-order valence-electron chi connectivity index (χ2n) is 5.45. The van der Waals surface area contributed by atoms with Crippen LogP contribution in [0.3, 0.4) is 0 Å². The summed E-state index contributed by atoms with van der Waals surface area (Å²) in [5.74, 6) is 0. The summed E-state index contributed by atoms with van der Waals surface area (Å²) in [7, 11) is -1.14. The second kappa shape index (κ2) is 6.36. The van der Waals surface area contributed by atoms with E-state index >= 15 is 0 Å². The SMILES string of the molecule is CCCCCCc1c(Br)csc1[Si](C)(C)C. The van der Waals surface area contributed by atoms with Crippen LogP contribution in [0, 0.1) is 0 Å². The molecule has 0 aliphatic carbocycles. The van der Waals surface area contributed by atoms with Gasteiger partial charge in [-0.05, 0) is 38.8 Å². The van der Waals surface area contributed by atoms with Gasteiger partial charge in [0.15, 0.2) is 0 Å². The van der Waals surface area contributed by atoms with Crippen molar-refractivity contribution in [3.8, 4) is 0 Å². The Morgan fingerprint density at radius 2 is 1.88 bits per heavy atom. The Balaban J connectivity index is 2.67. The minimum absolute atomic E-state index is 1.14. The van der Waals surface area contributed by atoms with Crippen LogP contribution in [-0.2, 0) is 6.42 Å². The van der Waals surface area contributed by atoms with E-state index in [1.54, 1.807) is 10.1 Å². The molecule has 16 heavy (non-hydrogen) atoms. The van der Waals surface area contributed by atoms with Crippen molar-refractivity contribution in [3.63, 3.8) is 0 Å². The van der Waals surface area contributed by atoms with Crippen LogP contribution in [0.4, 0.5) is 0 Å². The Morgan fingerprint density at radius 1 is 1.19 bits per heavy atom. The third-order valence-electron chi connectivity index (χ3n) is 2.80. The summed E-state index contributed by atoms with van der Waals surface area (Å²) in [6.07, 6.45) is 6.70. The van der Waals surface area contributed by atoms with E-state index in [9.17, 15) is 0 Å². The quantitative estimate of drug-likeness (QED) is 0.501. The van der Waals surface area contributed by atoms with Crippen LogP contribution < -0.4 is 4.50 Å². The number of hydrogen-bond acceptors (Lipinski definition) is 1. The van der Waals surface area contributed by atoms with E-state index in [4.69, 9.17) is 0 Å². The van der Waals surface area contributed by atoms with E-state index in [2.05, 4.69) is 47.9 Å². The lowest BCUT2D eigenvalue weighted by Gasteiger charge is -2.17. The van der Waals surface area contributed by atoms with Crippen LogP contribution in [0.25, 0.3) is 0 Å². The van der Waals surface area contributed by atoms with Crippen molar-refractivity contribution in [2.24, 2.45) is 0 Å². The van der Waals surface area contributed by atoms with E-state index in [-0.39, 0.29) is 0 Å². The van der Waals surface area contributed by atoms with E-state index in [1.807, 2.05) is 11.3 Å². The lowest BCUT2D eigenvalue weighted by Crippen LogP contribution is -2.37. The molecule has 0 aromatic carbocycles. The molecule has 1 rings (SSSR count). The van der Waals surface area contributed by atoms with Crippen molar-refractivity contribution >= 4 is 39.8 Å². The standard InChI is InChI=1S/C13H23BrSSi/c1-5-6-7-8-9-11-12(14)10-15-13(11)16(2,3)4/h10H,5-9H2,1-4H3. The molecule has 0 aliphatic rings. The number of hydrogen-bond donors (Lipinski definition) is 0. The molecular weight excluding hydrogens is 296 g/mol. The molecule has 0 unspecified atom stereocenters. The summed E-state index contributed by atoms with van der Waals surface area (Å²) in [6, 6.07) is 0. The normalized spacial score (nSPS) is 12.1. The Labute approximate surface area is 114 Å². The lowest BCUT2D eigenvalue weighted by molar-refractivity contribution is 0.667. The lowest BCUT2D eigenvalue weighted by atomic mass is 10.1. The summed E-state index contributed by atoms with van der Waals surface area (Å²) < 4.78 is 3.04. The van der Waals surface area contributed by atoms with Crippen LogP contribution in [0.1, 0.15) is 38.2 Å². The van der Waals surface area contributed by atoms with Crippen LogP contribution in [0.2, 0.25) is 19.6 Å². The first-order valence-electron chi connectivity index (χ1n) is 6.23. The molecule has 1 aromatic heterocycles. The van der Waals surface area contributed by atoms with Gasteiger partial charge in [-0.2, -0.15) is 11.3 Å². The van der Waals surface area contributed by atoms with Gasteiger partial charge in [-0.15, -0.1) is 0 Å². The number of unbranched alkanes of at least 4 members (excludes halogenated alkanes) is 3. The van der Waals surface area contributed by atoms with Crippen molar-refractivity contribution in [1.82, 2.24) is 0 Å². The van der Waals surface area contributed by atoms with Crippen molar-refractivity contribution < 1.29 is 0 Å². The summed E-state index contributed by atoms with van der Waals surface area (Å²) >= 11 is 5.67. The maximum atomic E-state index is 3.71. The van der Waals surface area contributed by atoms with Gasteiger partial charge in [0.05, 0.1) is 8.07 Å². The largest absolute Gasteiger partial charge is 0.152 e. The van der Waals surface area contributed by atoms with Crippen molar-refractivity contribution in [1.29, 1.82) is 0 Å². The molecule has 0 amide bonds. The Kier molecular flexibility index (Phi) is 5.75. The monoisotopic (exact) mass is 318 g/mol. The maximum absolute atomic E-state index is 3.71. The van der Waals surface area contributed by atoms with Gasteiger partial charge in [0, 0.05) is 9.85 Å². The predicted octanol–water partition coefficient (Wildman–Crippen LogP) is 5.18. The molecule has 0 saturated carbocycles. The zero-order chi connectivity index (χ0) is 12.2. The number of rotatable bonds is 6. The highest BCUT2D eigenvalue weighted by molar-refractivity contribution is 9.10. The third kappa shape index (κ3) is 4.01. The average molecular weight is 319 g/mol. The topological polar surface area (TPSA) is 0 Å². The highest BCUT2D eigenvalue weighted by Gasteiger charge is 2.23. The highest BCUT2D eigenvalue weighted by Crippen LogP contribution is 2.25. The third-order valence-corrected chi connectivity index (χ3v) is 8.51. The minimum Gasteiger partial charge on any atom is -0.152 e. The van der Waals surface area contributed by atoms with E-state index in [1.165, 1.54) is 36.6 Å². The van der Waals surface area contributed by atoms with Crippen LogP contribution in [0.5, 0.6) is 0 Å². The first-order chi connectivity index (χ1) is 7.46. The molecule has 0 saturated heterocycles. The molecule has 92 valence electrons. The fourth-order valence-electron chi connectivity index (χ4n) is 1.95. The second-order valence-corrected chi connectivity index (χ2v) is 12.5. The highest BCUT2D eigenvalue weighted by atomic mass is 79.9. The van der Waals surface area contributed by atoms with E-state index in [0.29, 0.717) is 0 Å². The molecule has 0 aliphatic heterocycles. The van der Waals surface area contributed by atoms with Gasteiger partial charge >= 0.3 is 0 Å². The average Bonchev–Trinajstić information content (AvgIpc) is 2.54. The minimum atomic E-state index is -1.14. The molecule has 0 fully saturated rings. The molecule has 0 N–H and O–H groups in total. The van der Waals surface area contributed by atoms with Gasteiger partial charge < -0.3 is 0 Å². The Bertz CT molecular complexity index is 325. The molecule has 0 bridgehead atoms. The molecular formula is C13H23BrSSi. The Hall–Kier alpha value is 0.397. The van der Waals surface area contributed by atoms with Crippen LogP contribution >= 0.6 is 27.3 Å². The van der Waals surface area contributed by atoms with Gasteiger partial charge in [-0.3, -0.25) is 0 Å². The first kappa shape index (κ1) is 14.5. The fourth-order valence-corrected chi connectivity index (χ4v) is 6.42. The smallest absolute Gasteiger partial charge is 0.0908 e. The molecule has 0 radical (unpaired) electrons. The van der Waals surface area contributed by atoms with Crippen molar-refractivity contribution in [2.75, 3.05) is 0 Å². The predicted molar refractivity (Wildman–Crippen MR) is 82.8 cm³/mol. The Morgan fingerprint density at radius 3 is 2.44 bits per heavy atom. The van der Waals surface area contributed by atoms with Gasteiger partial charge in [0.1, 0.15) is 0 Å². The first-order valence-corrected chi connectivity index (χ1v) is 11.4. The number of halogens is 1. The number of thiophene rings is 1. The molecule has 0 atom stereocenters. The van der Waals surface area contributed by atoms with E-state index in [0.717, 1.165) is 0 Å². The van der Waals surface area contributed by atoms with Gasteiger partial charge in [-0.25, -0.2) is 0 Å². The maximum Gasteiger partial charge on any atom is 0.0908 e. The van der Waals surface area contributed by atoms with Crippen molar-refractivity contribution in [2.45, 2.75) is 58.7 Å². The van der Waals surface area contributed by atoms with Gasteiger partial charge in [0.2, 0.25) is 0 Å². The van der Waals surface area contributed by atoms with Crippen molar-refractivity contribution in [3.05, 3.63) is 15.4 Å². The van der Waals surface area contributed by atoms with Crippen LogP contribution in [0.15, 0.2) is 9.85 Å². The molecule has 1 aromatic rings. The molecule has 3 heteroatoms. The molecule has 0 nitrogen and oxygen atoms in total. The summed E-state index contributed by atoms with van der Waals surface area (Å²) in [5, 5.41) is 2.28. The van der Waals surface area contributed by atoms with Gasteiger partial charge in [0.25, 0.3) is 0 Å². The van der Waals surface area contributed by atoms with E-state index < -0.39 is 8.07 Å². The summed E-state index contributed by atoms with van der Waals surface area (Å²) in [5.41, 5.74) is 1.61. The summed E-state index contributed by atoms with van der Waals surface area (Å²) in [4.78, 5) is 0. The zero-order valence-electron chi connectivity index (χ0n) is 10.9. The van der Waals surface area contributed by atoms with Crippen LogP contribution in [-0.4, -0.2) is 8.07 Å².